The van der Waals surface area contributed by atoms with Crippen molar-refractivity contribution in [1.82, 2.24) is 9.55 Å². The van der Waals surface area contributed by atoms with Crippen LogP contribution in [0.3, 0.4) is 0 Å². The SMILES string of the molecule is CCOC(=O)C(C)(C)C(=O)Cn1cc(Cl)cnc1=O. The fourth-order valence-electron chi connectivity index (χ4n) is 1.32. The largest absolute Gasteiger partial charge is 0.465 e. The number of carbonyl (C=O) groups excluding carboxylic acids is 2. The summed E-state index contributed by atoms with van der Waals surface area (Å²) in [5.74, 6) is -1.07. The lowest BCUT2D eigenvalue weighted by Crippen LogP contribution is -2.39. The predicted molar refractivity (Wildman–Crippen MR) is 68.9 cm³/mol. The number of ketones is 1. The van der Waals surface area contributed by atoms with Crippen LogP contribution in [0.4, 0.5) is 0 Å². The van der Waals surface area contributed by atoms with E-state index >= 15 is 0 Å². The van der Waals surface area contributed by atoms with Gasteiger partial charge >= 0.3 is 11.7 Å². The number of esters is 1. The standard InChI is InChI=1S/C12H15ClN2O4/c1-4-19-10(17)12(2,3)9(16)7-15-6-8(13)5-14-11(15)18/h5-6H,4,7H2,1-3H3. The van der Waals surface area contributed by atoms with E-state index in [0.717, 1.165) is 4.57 Å². The zero-order valence-electron chi connectivity index (χ0n) is 11.0. The normalized spacial score (nSPS) is 11.2. The number of hydrogen-bond acceptors (Lipinski definition) is 5. The maximum atomic E-state index is 12.1. The maximum Gasteiger partial charge on any atom is 0.348 e. The highest BCUT2D eigenvalue weighted by Crippen LogP contribution is 2.19. The Balaban J connectivity index is 2.93. The number of rotatable bonds is 5. The zero-order chi connectivity index (χ0) is 14.6. The Morgan fingerprint density at radius 3 is 2.68 bits per heavy atom. The second-order valence-electron chi connectivity index (χ2n) is 4.45. The molecule has 0 N–H and O–H groups in total. The molecule has 0 radical (unpaired) electrons. The summed E-state index contributed by atoms with van der Waals surface area (Å²) in [7, 11) is 0. The van der Waals surface area contributed by atoms with Gasteiger partial charge in [-0.15, -0.1) is 0 Å². The number of Topliss-reactive ketones (excluding diaryl/α,β-unsaturated/α-hetero) is 1. The fourth-order valence-corrected chi connectivity index (χ4v) is 1.49. The van der Waals surface area contributed by atoms with E-state index in [4.69, 9.17) is 16.3 Å². The van der Waals surface area contributed by atoms with E-state index < -0.39 is 22.9 Å². The van der Waals surface area contributed by atoms with Gasteiger partial charge in [0.1, 0.15) is 5.41 Å². The predicted octanol–water partition coefficient (Wildman–Crippen LogP) is 1.06. The summed E-state index contributed by atoms with van der Waals surface area (Å²) >= 11 is 5.70. The van der Waals surface area contributed by atoms with Gasteiger partial charge in [-0.2, -0.15) is 0 Å². The summed E-state index contributed by atoms with van der Waals surface area (Å²) < 4.78 is 5.89. The molecule has 0 aliphatic carbocycles. The molecule has 0 saturated carbocycles. The Labute approximate surface area is 115 Å². The van der Waals surface area contributed by atoms with E-state index in [1.165, 1.54) is 26.2 Å². The summed E-state index contributed by atoms with van der Waals surface area (Å²) in [5.41, 5.74) is -1.92. The van der Waals surface area contributed by atoms with Crippen LogP contribution in [0.5, 0.6) is 0 Å². The number of aromatic nitrogens is 2. The van der Waals surface area contributed by atoms with Crippen molar-refractivity contribution in [2.45, 2.75) is 27.3 Å². The highest BCUT2D eigenvalue weighted by Gasteiger charge is 2.37. The molecule has 0 aliphatic rings. The highest BCUT2D eigenvalue weighted by atomic mass is 35.5. The summed E-state index contributed by atoms with van der Waals surface area (Å²) in [6.45, 7) is 4.48. The maximum absolute atomic E-state index is 12.1. The van der Waals surface area contributed by atoms with Gasteiger partial charge in [0, 0.05) is 6.20 Å². The highest BCUT2D eigenvalue weighted by molar-refractivity contribution is 6.30. The minimum Gasteiger partial charge on any atom is -0.465 e. The fraction of sp³-hybridized carbons (Fsp3) is 0.500. The average molecular weight is 287 g/mol. The van der Waals surface area contributed by atoms with Gasteiger partial charge in [0.25, 0.3) is 0 Å². The first-order chi connectivity index (χ1) is 8.78. The molecule has 7 heteroatoms. The smallest absolute Gasteiger partial charge is 0.348 e. The topological polar surface area (TPSA) is 78.3 Å². The summed E-state index contributed by atoms with van der Waals surface area (Å²) in [6, 6.07) is 0. The Kier molecular flexibility index (Phi) is 4.83. The van der Waals surface area contributed by atoms with Crippen LogP contribution < -0.4 is 5.69 Å². The van der Waals surface area contributed by atoms with Crippen LogP contribution in [0.15, 0.2) is 17.2 Å². The second kappa shape index (κ2) is 5.97. The number of hydrogen-bond donors (Lipinski definition) is 0. The molecule has 0 spiro atoms. The zero-order valence-corrected chi connectivity index (χ0v) is 11.7. The van der Waals surface area contributed by atoms with Crippen LogP contribution >= 0.6 is 11.6 Å². The first-order valence-electron chi connectivity index (χ1n) is 5.71. The molecule has 0 saturated heterocycles. The quantitative estimate of drug-likeness (QED) is 0.597. The molecule has 19 heavy (non-hydrogen) atoms. The van der Waals surface area contributed by atoms with Crippen molar-refractivity contribution in [2.24, 2.45) is 5.41 Å². The van der Waals surface area contributed by atoms with Gasteiger partial charge < -0.3 is 4.74 Å². The van der Waals surface area contributed by atoms with Crippen LogP contribution in [-0.4, -0.2) is 27.9 Å². The Morgan fingerprint density at radius 2 is 2.11 bits per heavy atom. The van der Waals surface area contributed by atoms with Gasteiger partial charge in [-0.1, -0.05) is 11.6 Å². The van der Waals surface area contributed by atoms with Crippen LogP contribution in [0, 0.1) is 5.41 Å². The minimum atomic E-state index is -1.32. The molecule has 0 amide bonds. The van der Waals surface area contributed by atoms with Crippen molar-refractivity contribution in [3.63, 3.8) is 0 Å². The third-order valence-corrected chi connectivity index (χ3v) is 2.82. The Hall–Kier alpha value is -1.69. The molecule has 1 aromatic rings. The summed E-state index contributed by atoms with van der Waals surface area (Å²) in [6.07, 6.45) is 2.50. The lowest BCUT2D eigenvalue weighted by atomic mass is 9.88. The van der Waals surface area contributed by atoms with Crippen LogP contribution in [-0.2, 0) is 20.9 Å². The Morgan fingerprint density at radius 1 is 1.47 bits per heavy atom. The van der Waals surface area contributed by atoms with E-state index in [-0.39, 0.29) is 18.2 Å². The van der Waals surface area contributed by atoms with Gasteiger partial charge in [0.2, 0.25) is 0 Å². The average Bonchev–Trinajstić information content (AvgIpc) is 2.34. The van der Waals surface area contributed by atoms with Crippen molar-refractivity contribution in [1.29, 1.82) is 0 Å². The van der Waals surface area contributed by atoms with Gasteiger partial charge in [-0.3, -0.25) is 14.2 Å². The molecule has 0 aliphatic heterocycles. The van der Waals surface area contributed by atoms with E-state index in [2.05, 4.69) is 4.98 Å². The van der Waals surface area contributed by atoms with Crippen molar-refractivity contribution in [3.05, 3.63) is 27.9 Å². The molecule has 0 aromatic carbocycles. The third-order valence-electron chi connectivity index (χ3n) is 2.62. The van der Waals surface area contributed by atoms with Gasteiger partial charge in [-0.25, -0.2) is 9.78 Å². The monoisotopic (exact) mass is 286 g/mol. The molecule has 0 bridgehead atoms. The molecular formula is C12H15ClN2O4. The third kappa shape index (κ3) is 3.64. The van der Waals surface area contributed by atoms with Crippen molar-refractivity contribution < 1.29 is 14.3 Å². The molecule has 0 atom stereocenters. The van der Waals surface area contributed by atoms with Gasteiger partial charge in [0.15, 0.2) is 5.78 Å². The molecule has 0 unspecified atom stereocenters. The van der Waals surface area contributed by atoms with E-state index in [9.17, 15) is 14.4 Å². The van der Waals surface area contributed by atoms with Crippen LogP contribution in [0.1, 0.15) is 20.8 Å². The summed E-state index contributed by atoms with van der Waals surface area (Å²) in [5, 5.41) is 0.237. The number of halogens is 1. The lowest BCUT2D eigenvalue weighted by Gasteiger charge is -2.21. The first-order valence-corrected chi connectivity index (χ1v) is 6.09. The van der Waals surface area contributed by atoms with Gasteiger partial charge in [-0.05, 0) is 20.8 Å². The molecular weight excluding hydrogens is 272 g/mol. The molecule has 104 valence electrons. The van der Waals surface area contributed by atoms with E-state index in [1.807, 2.05) is 0 Å². The first kappa shape index (κ1) is 15.4. The number of ether oxygens (including phenoxy) is 1. The minimum absolute atomic E-state index is 0.189. The lowest BCUT2D eigenvalue weighted by molar-refractivity contribution is -0.158. The molecule has 1 rings (SSSR count). The number of nitrogens with zero attached hydrogens (tertiary/aromatic N) is 2. The van der Waals surface area contributed by atoms with E-state index in [0.29, 0.717) is 0 Å². The van der Waals surface area contributed by atoms with E-state index in [1.54, 1.807) is 6.92 Å². The molecule has 1 aromatic heterocycles. The van der Waals surface area contributed by atoms with Crippen molar-refractivity contribution in [3.8, 4) is 0 Å². The number of carbonyl (C=O) groups is 2. The van der Waals surface area contributed by atoms with Crippen LogP contribution in [0.2, 0.25) is 5.02 Å². The molecule has 1 heterocycles. The van der Waals surface area contributed by atoms with Crippen LogP contribution in [0.25, 0.3) is 0 Å². The van der Waals surface area contributed by atoms with Crippen molar-refractivity contribution >= 4 is 23.4 Å². The van der Waals surface area contributed by atoms with Crippen molar-refractivity contribution in [2.75, 3.05) is 6.61 Å². The van der Waals surface area contributed by atoms with Gasteiger partial charge in [0.05, 0.1) is 24.4 Å². The second-order valence-corrected chi connectivity index (χ2v) is 4.89. The summed E-state index contributed by atoms with van der Waals surface area (Å²) in [4.78, 5) is 38.7. The Bertz CT molecular complexity index is 551. The molecule has 6 nitrogen and oxygen atoms in total. The molecule has 0 fully saturated rings.